The Morgan fingerprint density at radius 3 is 2.44 bits per heavy atom. The van der Waals surface area contributed by atoms with Crippen molar-refractivity contribution in [1.29, 1.82) is 0 Å². The van der Waals surface area contributed by atoms with E-state index in [1.165, 1.54) is 18.1 Å². The minimum absolute atomic E-state index is 0.166. The van der Waals surface area contributed by atoms with Crippen molar-refractivity contribution in [2.75, 3.05) is 0 Å². The van der Waals surface area contributed by atoms with Crippen LogP contribution in [0.25, 0.3) is 0 Å². The molecule has 0 radical (unpaired) electrons. The van der Waals surface area contributed by atoms with Crippen molar-refractivity contribution in [3.8, 4) is 5.75 Å². The summed E-state index contributed by atoms with van der Waals surface area (Å²) in [6.07, 6.45) is 1.08. The first kappa shape index (κ1) is 12.8. The average molecular weight is 220 g/mol. The highest BCUT2D eigenvalue weighted by molar-refractivity contribution is 5.69. The van der Waals surface area contributed by atoms with Gasteiger partial charge in [0.2, 0.25) is 0 Å². The molecule has 0 fully saturated rings. The lowest BCUT2D eigenvalue weighted by Gasteiger charge is -2.25. The third-order valence-electron chi connectivity index (χ3n) is 3.07. The minimum atomic E-state index is -0.276. The molecule has 0 atom stereocenters. The molecule has 88 valence electrons. The van der Waals surface area contributed by atoms with Gasteiger partial charge in [-0.2, -0.15) is 0 Å². The Hall–Kier alpha value is -1.31. The molecule has 0 amide bonds. The fraction of sp³-hybridized carbons (Fsp3) is 0.500. The van der Waals surface area contributed by atoms with E-state index in [2.05, 4.69) is 33.8 Å². The van der Waals surface area contributed by atoms with Gasteiger partial charge in [-0.15, -0.1) is 0 Å². The Morgan fingerprint density at radius 2 is 2.00 bits per heavy atom. The van der Waals surface area contributed by atoms with E-state index in [1.807, 2.05) is 12.1 Å². The number of esters is 1. The third kappa shape index (κ3) is 2.84. The fourth-order valence-electron chi connectivity index (χ4n) is 1.82. The molecule has 1 aromatic rings. The van der Waals surface area contributed by atoms with Crippen molar-refractivity contribution in [2.45, 2.75) is 46.5 Å². The summed E-state index contributed by atoms with van der Waals surface area (Å²) in [5, 5.41) is 0. The van der Waals surface area contributed by atoms with Gasteiger partial charge < -0.3 is 4.74 Å². The normalized spacial score (nSPS) is 11.3. The fourth-order valence-corrected chi connectivity index (χ4v) is 1.82. The SMILES string of the molecule is CCC(C)(C)c1ccc(OC(C)=O)cc1C. The van der Waals surface area contributed by atoms with Gasteiger partial charge in [0.05, 0.1) is 0 Å². The quantitative estimate of drug-likeness (QED) is 0.574. The van der Waals surface area contributed by atoms with Gasteiger partial charge in [0.25, 0.3) is 0 Å². The van der Waals surface area contributed by atoms with Gasteiger partial charge >= 0.3 is 5.97 Å². The minimum Gasteiger partial charge on any atom is -0.427 e. The van der Waals surface area contributed by atoms with Crippen LogP contribution in [0.3, 0.4) is 0 Å². The zero-order valence-corrected chi connectivity index (χ0v) is 10.8. The summed E-state index contributed by atoms with van der Waals surface area (Å²) in [6.45, 7) is 10.1. The number of carbonyl (C=O) groups excluding carboxylic acids is 1. The van der Waals surface area contributed by atoms with Crippen LogP contribution in [0.2, 0.25) is 0 Å². The number of benzene rings is 1. The van der Waals surface area contributed by atoms with E-state index in [0.717, 1.165) is 6.42 Å². The highest BCUT2D eigenvalue weighted by atomic mass is 16.5. The number of hydrogen-bond donors (Lipinski definition) is 0. The second-order valence-electron chi connectivity index (χ2n) is 4.81. The van der Waals surface area contributed by atoms with Crippen molar-refractivity contribution in [3.05, 3.63) is 29.3 Å². The first-order chi connectivity index (χ1) is 7.36. The van der Waals surface area contributed by atoms with Crippen molar-refractivity contribution in [1.82, 2.24) is 0 Å². The molecule has 2 nitrogen and oxygen atoms in total. The molecule has 0 unspecified atom stereocenters. The maximum absolute atomic E-state index is 10.8. The number of aryl methyl sites for hydroxylation is 1. The summed E-state index contributed by atoms with van der Waals surface area (Å²) in [4.78, 5) is 10.8. The molecule has 1 rings (SSSR count). The lowest BCUT2D eigenvalue weighted by molar-refractivity contribution is -0.131. The van der Waals surface area contributed by atoms with E-state index in [4.69, 9.17) is 4.74 Å². The van der Waals surface area contributed by atoms with Crippen LogP contribution in [0.5, 0.6) is 5.75 Å². The third-order valence-corrected chi connectivity index (χ3v) is 3.07. The predicted octanol–water partition coefficient (Wildman–Crippen LogP) is 3.61. The summed E-state index contributed by atoms with van der Waals surface area (Å²) < 4.78 is 5.06. The van der Waals surface area contributed by atoms with E-state index < -0.39 is 0 Å². The molecule has 16 heavy (non-hydrogen) atoms. The summed E-state index contributed by atoms with van der Waals surface area (Å²) in [6, 6.07) is 5.84. The molecule has 2 heteroatoms. The van der Waals surface area contributed by atoms with E-state index in [-0.39, 0.29) is 11.4 Å². The summed E-state index contributed by atoms with van der Waals surface area (Å²) >= 11 is 0. The standard InChI is InChI=1S/C14H20O2/c1-6-14(4,5)13-8-7-12(9-10(13)2)16-11(3)15/h7-9H,6H2,1-5H3. The predicted molar refractivity (Wildman–Crippen MR) is 65.8 cm³/mol. The van der Waals surface area contributed by atoms with Gasteiger partial charge in [-0.1, -0.05) is 26.8 Å². The van der Waals surface area contributed by atoms with E-state index in [1.54, 1.807) is 0 Å². The molecular weight excluding hydrogens is 200 g/mol. The van der Waals surface area contributed by atoms with Gasteiger partial charge in [0, 0.05) is 6.92 Å². The molecule has 0 saturated heterocycles. The van der Waals surface area contributed by atoms with E-state index in [0.29, 0.717) is 5.75 Å². The molecule has 0 bridgehead atoms. The van der Waals surface area contributed by atoms with Crippen LogP contribution in [0.1, 0.15) is 45.2 Å². The van der Waals surface area contributed by atoms with Gasteiger partial charge in [0.15, 0.2) is 0 Å². The van der Waals surface area contributed by atoms with Gasteiger partial charge in [-0.05, 0) is 42.0 Å². The van der Waals surface area contributed by atoms with Gasteiger partial charge in [-0.3, -0.25) is 4.79 Å². The Balaban J connectivity index is 3.05. The Bertz CT molecular complexity index is 392. The highest BCUT2D eigenvalue weighted by Gasteiger charge is 2.20. The largest absolute Gasteiger partial charge is 0.427 e. The Kier molecular flexibility index (Phi) is 3.74. The molecule has 0 aliphatic carbocycles. The van der Waals surface area contributed by atoms with Crippen molar-refractivity contribution < 1.29 is 9.53 Å². The molecular formula is C14H20O2. The van der Waals surface area contributed by atoms with E-state index in [9.17, 15) is 4.79 Å². The van der Waals surface area contributed by atoms with Crippen molar-refractivity contribution >= 4 is 5.97 Å². The number of hydrogen-bond acceptors (Lipinski definition) is 2. The van der Waals surface area contributed by atoms with Crippen LogP contribution in [-0.2, 0) is 10.2 Å². The maximum Gasteiger partial charge on any atom is 0.308 e. The zero-order valence-electron chi connectivity index (χ0n) is 10.8. The molecule has 0 spiro atoms. The van der Waals surface area contributed by atoms with Gasteiger partial charge in [-0.25, -0.2) is 0 Å². The van der Waals surface area contributed by atoms with Crippen LogP contribution in [0.15, 0.2) is 18.2 Å². The first-order valence-corrected chi connectivity index (χ1v) is 5.66. The molecule has 0 N–H and O–H groups in total. The van der Waals surface area contributed by atoms with Crippen LogP contribution < -0.4 is 4.74 Å². The molecule has 0 saturated carbocycles. The lowest BCUT2D eigenvalue weighted by atomic mass is 9.80. The van der Waals surface area contributed by atoms with Crippen molar-refractivity contribution in [2.24, 2.45) is 0 Å². The summed E-state index contributed by atoms with van der Waals surface area (Å²) in [5.74, 6) is 0.350. The summed E-state index contributed by atoms with van der Waals surface area (Å²) in [5.41, 5.74) is 2.65. The average Bonchev–Trinajstić information content (AvgIpc) is 2.16. The monoisotopic (exact) mass is 220 g/mol. The van der Waals surface area contributed by atoms with Gasteiger partial charge in [0.1, 0.15) is 5.75 Å². The molecule has 1 aromatic carbocycles. The smallest absolute Gasteiger partial charge is 0.308 e. The summed E-state index contributed by atoms with van der Waals surface area (Å²) in [7, 11) is 0. The zero-order chi connectivity index (χ0) is 12.3. The van der Waals surface area contributed by atoms with Crippen molar-refractivity contribution in [3.63, 3.8) is 0 Å². The number of ether oxygens (including phenoxy) is 1. The second-order valence-corrected chi connectivity index (χ2v) is 4.81. The topological polar surface area (TPSA) is 26.3 Å². The van der Waals surface area contributed by atoms with Crippen LogP contribution in [0, 0.1) is 6.92 Å². The second kappa shape index (κ2) is 4.69. The number of carbonyl (C=O) groups is 1. The molecule has 0 aromatic heterocycles. The Labute approximate surface area is 97.6 Å². The molecule has 0 aliphatic rings. The van der Waals surface area contributed by atoms with Crippen LogP contribution in [-0.4, -0.2) is 5.97 Å². The van der Waals surface area contributed by atoms with E-state index >= 15 is 0 Å². The first-order valence-electron chi connectivity index (χ1n) is 5.66. The maximum atomic E-state index is 10.8. The van der Waals surface area contributed by atoms with Crippen LogP contribution >= 0.6 is 0 Å². The number of rotatable bonds is 3. The Morgan fingerprint density at radius 1 is 1.38 bits per heavy atom. The molecule has 0 aliphatic heterocycles. The van der Waals surface area contributed by atoms with Crippen LogP contribution in [0.4, 0.5) is 0 Å². The highest BCUT2D eigenvalue weighted by Crippen LogP contribution is 2.31. The molecule has 0 heterocycles. The lowest BCUT2D eigenvalue weighted by Crippen LogP contribution is -2.17.